The van der Waals surface area contributed by atoms with Crippen molar-refractivity contribution in [2.45, 2.75) is 315 Å². The number of amides is 1. The molecular weight excluding hydrogens is 763 g/mol. The van der Waals surface area contributed by atoms with Crippen LogP contribution in [0.3, 0.4) is 0 Å². The summed E-state index contributed by atoms with van der Waals surface area (Å²) in [7, 11) is 0. The molecule has 0 fully saturated rings. The van der Waals surface area contributed by atoms with Crippen LogP contribution in [0.15, 0.2) is 36.5 Å². The molecule has 0 aromatic heterocycles. The molecule has 0 saturated carbocycles. The highest BCUT2D eigenvalue weighted by Crippen LogP contribution is 2.17. The second-order valence-electron chi connectivity index (χ2n) is 19.2. The Morgan fingerprint density at radius 3 is 1.06 bits per heavy atom. The van der Waals surface area contributed by atoms with Gasteiger partial charge in [-0.15, -0.1) is 0 Å². The van der Waals surface area contributed by atoms with Crippen molar-refractivity contribution in [3.63, 3.8) is 0 Å². The molecule has 0 aromatic carbocycles. The molecule has 62 heavy (non-hydrogen) atoms. The standard InChI is InChI=1S/C57H109NO4/c1-3-5-7-9-11-13-15-17-19-21-23-25-27-28-29-30-32-34-36-38-40-42-44-46-48-50-54(60)52-57(62)58-55(53-59)56(61)51-49-47-45-43-41-39-37-35-33-31-26-24-22-20-18-16-14-12-10-8-6-4-2/h23,25,28-29,49,51,54-56,59-61H,3-22,24,26-27,30-48,50,52-53H2,1-2H3,(H,58,62)/b25-23-,29-28-,51-49+. The predicted molar refractivity (Wildman–Crippen MR) is 273 cm³/mol. The summed E-state index contributed by atoms with van der Waals surface area (Å²) >= 11 is 0. The largest absolute Gasteiger partial charge is 0.394 e. The van der Waals surface area contributed by atoms with E-state index in [0.29, 0.717) is 6.42 Å². The first kappa shape index (κ1) is 60.6. The summed E-state index contributed by atoms with van der Waals surface area (Å²) in [6, 6.07) is -0.747. The van der Waals surface area contributed by atoms with Crippen molar-refractivity contribution in [3.05, 3.63) is 36.5 Å². The highest BCUT2D eigenvalue weighted by Gasteiger charge is 2.20. The highest BCUT2D eigenvalue weighted by molar-refractivity contribution is 5.76. The molecule has 0 aliphatic carbocycles. The number of hydrogen-bond donors (Lipinski definition) is 4. The molecule has 0 bridgehead atoms. The molecule has 4 N–H and O–H groups in total. The summed E-state index contributed by atoms with van der Waals surface area (Å²) in [6.45, 7) is 4.24. The third kappa shape index (κ3) is 48.0. The highest BCUT2D eigenvalue weighted by atomic mass is 16.3. The average molecular weight is 873 g/mol. The number of unbranched alkanes of at least 4 members (excludes halogenated alkanes) is 38. The molecule has 0 aromatic rings. The van der Waals surface area contributed by atoms with E-state index in [4.69, 9.17) is 0 Å². The Morgan fingerprint density at radius 2 is 0.726 bits per heavy atom. The molecule has 3 unspecified atom stereocenters. The predicted octanol–water partition coefficient (Wildman–Crippen LogP) is 17.1. The zero-order valence-electron chi connectivity index (χ0n) is 41.8. The van der Waals surface area contributed by atoms with E-state index >= 15 is 0 Å². The molecule has 5 heteroatoms. The minimum Gasteiger partial charge on any atom is -0.394 e. The van der Waals surface area contributed by atoms with Gasteiger partial charge in [-0.1, -0.05) is 275 Å². The zero-order valence-corrected chi connectivity index (χ0v) is 41.8. The Labute approximate surface area is 387 Å². The third-order valence-electron chi connectivity index (χ3n) is 12.9. The first-order chi connectivity index (χ1) is 30.5. The quantitative estimate of drug-likeness (QED) is 0.0362. The lowest BCUT2D eigenvalue weighted by Crippen LogP contribution is -2.45. The van der Waals surface area contributed by atoms with Gasteiger partial charge in [0.1, 0.15) is 0 Å². The molecule has 1 amide bonds. The molecular formula is C57H109NO4. The average Bonchev–Trinajstić information content (AvgIpc) is 3.27. The van der Waals surface area contributed by atoms with E-state index in [-0.39, 0.29) is 18.9 Å². The molecule has 366 valence electrons. The summed E-state index contributed by atoms with van der Waals surface area (Å²) in [6.07, 6.45) is 67.5. The molecule has 5 nitrogen and oxygen atoms in total. The van der Waals surface area contributed by atoms with Crippen molar-refractivity contribution < 1.29 is 20.1 Å². The van der Waals surface area contributed by atoms with Crippen LogP contribution < -0.4 is 5.32 Å². The first-order valence-corrected chi connectivity index (χ1v) is 27.8. The molecule has 0 aliphatic heterocycles. The van der Waals surface area contributed by atoms with Crippen LogP contribution in [0.5, 0.6) is 0 Å². The summed E-state index contributed by atoms with van der Waals surface area (Å²) in [5.41, 5.74) is 0. The lowest BCUT2D eigenvalue weighted by molar-refractivity contribution is -0.124. The zero-order chi connectivity index (χ0) is 45.1. The van der Waals surface area contributed by atoms with Crippen molar-refractivity contribution in [1.29, 1.82) is 0 Å². The van der Waals surface area contributed by atoms with Crippen molar-refractivity contribution in [2.24, 2.45) is 0 Å². The molecule has 3 atom stereocenters. The maximum atomic E-state index is 12.5. The molecule has 0 aliphatic rings. The van der Waals surface area contributed by atoms with E-state index in [9.17, 15) is 20.1 Å². The number of rotatable bonds is 51. The van der Waals surface area contributed by atoms with Crippen LogP contribution >= 0.6 is 0 Å². The lowest BCUT2D eigenvalue weighted by atomic mass is 10.0. The van der Waals surface area contributed by atoms with Crippen LogP contribution in [0.25, 0.3) is 0 Å². The van der Waals surface area contributed by atoms with Gasteiger partial charge in [0, 0.05) is 0 Å². The normalized spacial score (nSPS) is 13.6. The van der Waals surface area contributed by atoms with E-state index in [2.05, 4.69) is 43.5 Å². The fraction of sp³-hybridized carbons (Fsp3) is 0.877. The van der Waals surface area contributed by atoms with Gasteiger partial charge in [0.25, 0.3) is 0 Å². The van der Waals surface area contributed by atoms with Gasteiger partial charge in [-0.3, -0.25) is 4.79 Å². The maximum Gasteiger partial charge on any atom is 0.222 e. The lowest BCUT2D eigenvalue weighted by Gasteiger charge is -2.21. The fourth-order valence-electron chi connectivity index (χ4n) is 8.67. The minimum absolute atomic E-state index is 0.0115. The van der Waals surface area contributed by atoms with Crippen LogP contribution in [-0.2, 0) is 4.79 Å². The fourth-order valence-corrected chi connectivity index (χ4v) is 8.67. The minimum atomic E-state index is -0.931. The molecule has 0 heterocycles. The van der Waals surface area contributed by atoms with Crippen LogP contribution in [0.4, 0.5) is 0 Å². The van der Waals surface area contributed by atoms with E-state index < -0.39 is 18.2 Å². The first-order valence-electron chi connectivity index (χ1n) is 27.8. The Kier molecular flexibility index (Phi) is 51.0. The molecule has 0 rings (SSSR count). The monoisotopic (exact) mass is 872 g/mol. The Balaban J connectivity index is 3.59. The smallest absolute Gasteiger partial charge is 0.222 e. The number of carbonyl (C=O) groups is 1. The number of allylic oxidation sites excluding steroid dienone is 5. The summed E-state index contributed by atoms with van der Waals surface area (Å²) < 4.78 is 0. The Bertz CT molecular complexity index is 962. The molecule has 0 saturated heterocycles. The SMILES string of the molecule is CCCCCCCCCCC/C=C\C/C=C\CCCCCCCCCCCC(O)CC(=O)NC(CO)C(O)/C=C/CCCCCCCCCCCCCCCCCCCCCC. The van der Waals surface area contributed by atoms with Crippen molar-refractivity contribution in [2.75, 3.05) is 6.61 Å². The van der Waals surface area contributed by atoms with Gasteiger partial charge >= 0.3 is 0 Å². The van der Waals surface area contributed by atoms with Gasteiger partial charge in [0.2, 0.25) is 5.91 Å². The summed E-state index contributed by atoms with van der Waals surface area (Å²) in [5, 5.41) is 33.5. The van der Waals surface area contributed by atoms with Gasteiger partial charge in [0.15, 0.2) is 0 Å². The van der Waals surface area contributed by atoms with Crippen LogP contribution in [0.1, 0.15) is 296 Å². The van der Waals surface area contributed by atoms with E-state index in [1.807, 2.05) is 6.08 Å². The van der Waals surface area contributed by atoms with Crippen molar-refractivity contribution in [3.8, 4) is 0 Å². The van der Waals surface area contributed by atoms with Gasteiger partial charge in [0.05, 0.1) is 31.3 Å². The Hall–Kier alpha value is -1.43. The topological polar surface area (TPSA) is 89.8 Å². The second kappa shape index (κ2) is 52.2. The van der Waals surface area contributed by atoms with Crippen LogP contribution in [-0.4, -0.2) is 46.1 Å². The van der Waals surface area contributed by atoms with E-state index in [1.165, 1.54) is 238 Å². The van der Waals surface area contributed by atoms with Crippen molar-refractivity contribution >= 4 is 5.91 Å². The Morgan fingerprint density at radius 1 is 0.419 bits per heavy atom. The number of hydrogen-bond acceptors (Lipinski definition) is 4. The van der Waals surface area contributed by atoms with Crippen LogP contribution in [0.2, 0.25) is 0 Å². The number of nitrogens with one attached hydrogen (secondary N) is 1. The van der Waals surface area contributed by atoms with Gasteiger partial charge in [-0.05, 0) is 51.4 Å². The van der Waals surface area contributed by atoms with Gasteiger partial charge in [-0.25, -0.2) is 0 Å². The second-order valence-corrected chi connectivity index (χ2v) is 19.2. The van der Waals surface area contributed by atoms with E-state index in [0.717, 1.165) is 32.1 Å². The number of aliphatic hydroxyl groups is 3. The number of carbonyl (C=O) groups excluding carboxylic acids is 1. The van der Waals surface area contributed by atoms with Gasteiger partial charge in [-0.2, -0.15) is 0 Å². The molecule has 0 radical (unpaired) electrons. The van der Waals surface area contributed by atoms with Crippen molar-refractivity contribution in [1.82, 2.24) is 5.32 Å². The molecule has 0 spiro atoms. The summed E-state index contributed by atoms with van der Waals surface area (Å²) in [4.78, 5) is 12.5. The maximum absolute atomic E-state index is 12.5. The third-order valence-corrected chi connectivity index (χ3v) is 12.9. The van der Waals surface area contributed by atoms with Crippen LogP contribution in [0, 0.1) is 0 Å². The van der Waals surface area contributed by atoms with Gasteiger partial charge < -0.3 is 20.6 Å². The number of aliphatic hydroxyl groups excluding tert-OH is 3. The van der Waals surface area contributed by atoms with E-state index in [1.54, 1.807) is 6.08 Å². The summed E-state index contributed by atoms with van der Waals surface area (Å²) in [5.74, 6) is -0.315.